The van der Waals surface area contributed by atoms with E-state index in [0.29, 0.717) is 48.9 Å². The van der Waals surface area contributed by atoms with Crippen LogP contribution in [-0.4, -0.2) is 30.5 Å². The van der Waals surface area contributed by atoms with Gasteiger partial charge < -0.3 is 15.2 Å². The summed E-state index contributed by atoms with van der Waals surface area (Å²) in [6.07, 6.45) is 1.53. The van der Waals surface area contributed by atoms with E-state index in [9.17, 15) is 4.79 Å². The Bertz CT molecular complexity index is 654. The molecule has 1 aromatic carbocycles. The summed E-state index contributed by atoms with van der Waals surface area (Å²) in [6, 6.07) is 5.25. The van der Waals surface area contributed by atoms with E-state index < -0.39 is 0 Å². The van der Waals surface area contributed by atoms with Crippen LogP contribution in [0.4, 0.5) is 0 Å². The molecule has 0 aliphatic carbocycles. The molecule has 21 heavy (non-hydrogen) atoms. The molecule has 0 spiro atoms. The number of carbonyl (C=O) groups is 1. The Morgan fingerprint density at radius 1 is 1.29 bits per heavy atom. The van der Waals surface area contributed by atoms with Crippen molar-refractivity contribution in [3.05, 3.63) is 39.8 Å². The van der Waals surface area contributed by atoms with Crippen LogP contribution in [0.15, 0.2) is 23.6 Å². The lowest BCUT2D eigenvalue weighted by Crippen LogP contribution is -2.05. The van der Waals surface area contributed by atoms with E-state index in [4.69, 9.17) is 15.2 Å². The predicted molar refractivity (Wildman–Crippen MR) is 80.4 cm³/mol. The molecule has 0 radical (unpaired) electrons. The van der Waals surface area contributed by atoms with Gasteiger partial charge in [-0.2, -0.15) is 0 Å². The summed E-state index contributed by atoms with van der Waals surface area (Å²) in [4.78, 5) is 16.8. The zero-order valence-corrected chi connectivity index (χ0v) is 12.3. The summed E-state index contributed by atoms with van der Waals surface area (Å²) in [5, 5.41) is 2.66. The topological polar surface area (TPSA) is 74.4 Å². The molecule has 2 aromatic rings. The highest BCUT2D eigenvalue weighted by molar-refractivity contribution is 7.09. The van der Waals surface area contributed by atoms with Crippen LogP contribution >= 0.6 is 11.3 Å². The van der Waals surface area contributed by atoms with E-state index in [-0.39, 0.29) is 5.78 Å². The molecular formula is C15H16N2O3S. The summed E-state index contributed by atoms with van der Waals surface area (Å²) in [5.74, 6) is 1.20. The van der Waals surface area contributed by atoms with E-state index in [1.54, 1.807) is 23.6 Å². The molecule has 0 bridgehead atoms. The normalized spacial score (nSPS) is 13.8. The number of fused-ring (bicyclic) bond motifs is 1. The first kappa shape index (κ1) is 14.0. The Balaban J connectivity index is 1.85. The number of nitrogens with two attached hydrogens (primary N) is 1. The lowest BCUT2D eigenvalue weighted by molar-refractivity contribution is 0.103. The monoisotopic (exact) mass is 304 g/mol. The van der Waals surface area contributed by atoms with Gasteiger partial charge >= 0.3 is 0 Å². The van der Waals surface area contributed by atoms with Crippen LogP contribution in [0.2, 0.25) is 0 Å². The van der Waals surface area contributed by atoms with Gasteiger partial charge in [-0.3, -0.25) is 4.79 Å². The number of nitrogens with zero attached hydrogens (tertiary/aromatic N) is 1. The summed E-state index contributed by atoms with van der Waals surface area (Å²) < 4.78 is 11.2. The molecule has 0 saturated heterocycles. The Kier molecular flexibility index (Phi) is 4.17. The molecule has 5 nitrogen and oxygen atoms in total. The van der Waals surface area contributed by atoms with Crippen LogP contribution in [0.1, 0.15) is 27.5 Å². The van der Waals surface area contributed by atoms with Gasteiger partial charge in [-0.25, -0.2) is 4.98 Å². The minimum Gasteiger partial charge on any atom is -0.490 e. The minimum absolute atomic E-state index is 0.106. The number of rotatable bonds is 4. The van der Waals surface area contributed by atoms with Crippen LogP contribution < -0.4 is 15.2 Å². The van der Waals surface area contributed by atoms with Gasteiger partial charge in [0.15, 0.2) is 11.5 Å². The third-order valence-corrected chi connectivity index (χ3v) is 4.06. The van der Waals surface area contributed by atoms with Crippen molar-refractivity contribution in [3.8, 4) is 11.5 Å². The molecule has 1 aromatic heterocycles. The van der Waals surface area contributed by atoms with Gasteiger partial charge in [-0.15, -0.1) is 11.3 Å². The molecule has 0 unspecified atom stereocenters. The van der Waals surface area contributed by atoms with Gasteiger partial charge in [0.05, 0.1) is 18.2 Å². The summed E-state index contributed by atoms with van der Waals surface area (Å²) in [5.41, 5.74) is 6.51. The van der Waals surface area contributed by atoms with Crippen molar-refractivity contribution in [2.24, 2.45) is 5.73 Å². The van der Waals surface area contributed by atoms with E-state index in [0.717, 1.165) is 11.4 Å². The van der Waals surface area contributed by atoms with Crippen LogP contribution in [-0.2, 0) is 6.42 Å². The van der Waals surface area contributed by atoms with Crippen molar-refractivity contribution in [2.75, 3.05) is 19.8 Å². The van der Waals surface area contributed by atoms with E-state index in [1.807, 2.05) is 0 Å². The quantitative estimate of drug-likeness (QED) is 0.875. The predicted octanol–water partition coefficient (Wildman–Crippen LogP) is 2.04. The Hall–Kier alpha value is -1.92. The zero-order valence-electron chi connectivity index (χ0n) is 11.5. The van der Waals surface area contributed by atoms with Crippen LogP contribution in [0.3, 0.4) is 0 Å². The molecule has 2 heterocycles. The second kappa shape index (κ2) is 6.24. The second-order valence-electron chi connectivity index (χ2n) is 4.71. The summed E-state index contributed by atoms with van der Waals surface area (Å²) >= 11 is 1.46. The number of carbonyl (C=O) groups excluding carboxylic acids is 1. The highest BCUT2D eigenvalue weighted by Crippen LogP contribution is 2.31. The Labute approximate surface area is 126 Å². The first-order valence-electron chi connectivity index (χ1n) is 6.87. The van der Waals surface area contributed by atoms with E-state index in [1.165, 1.54) is 11.3 Å². The molecule has 0 saturated carbocycles. The van der Waals surface area contributed by atoms with Crippen molar-refractivity contribution < 1.29 is 14.3 Å². The van der Waals surface area contributed by atoms with Gasteiger partial charge in [-0.05, 0) is 24.7 Å². The molecule has 3 rings (SSSR count). The number of ether oxygens (including phenoxy) is 2. The maximum Gasteiger partial charge on any atom is 0.212 e. The zero-order chi connectivity index (χ0) is 14.7. The molecule has 2 N–H and O–H groups in total. The Morgan fingerprint density at radius 3 is 2.90 bits per heavy atom. The van der Waals surface area contributed by atoms with Gasteiger partial charge in [0, 0.05) is 23.8 Å². The molecule has 1 aliphatic rings. The van der Waals surface area contributed by atoms with Crippen LogP contribution in [0.25, 0.3) is 0 Å². The Morgan fingerprint density at radius 2 is 2.10 bits per heavy atom. The fourth-order valence-electron chi connectivity index (χ4n) is 2.11. The van der Waals surface area contributed by atoms with Crippen LogP contribution in [0, 0.1) is 0 Å². The number of hydrogen-bond donors (Lipinski definition) is 1. The largest absolute Gasteiger partial charge is 0.490 e. The number of ketones is 1. The molecule has 0 amide bonds. The highest BCUT2D eigenvalue weighted by Gasteiger charge is 2.17. The molecule has 0 atom stereocenters. The standard InChI is InChI=1S/C15H16N2O3S/c16-5-4-14-17-11(9-21-14)15(18)10-2-3-12-13(8-10)20-7-1-6-19-12/h2-3,8-9H,1,4-7,16H2. The first-order chi connectivity index (χ1) is 10.3. The third-order valence-electron chi connectivity index (χ3n) is 3.15. The van der Waals surface area contributed by atoms with Crippen molar-refractivity contribution in [3.63, 3.8) is 0 Å². The minimum atomic E-state index is -0.106. The molecule has 110 valence electrons. The lowest BCUT2D eigenvalue weighted by atomic mass is 10.1. The lowest BCUT2D eigenvalue weighted by Gasteiger charge is -2.08. The maximum absolute atomic E-state index is 12.5. The molecule has 0 fully saturated rings. The fourth-order valence-corrected chi connectivity index (χ4v) is 2.90. The molecule has 1 aliphatic heterocycles. The maximum atomic E-state index is 12.5. The van der Waals surface area contributed by atoms with Crippen molar-refractivity contribution in [2.45, 2.75) is 12.8 Å². The van der Waals surface area contributed by atoms with Crippen LogP contribution in [0.5, 0.6) is 11.5 Å². The van der Waals surface area contributed by atoms with Gasteiger partial charge in [0.25, 0.3) is 0 Å². The summed E-state index contributed by atoms with van der Waals surface area (Å²) in [6.45, 7) is 1.77. The average Bonchev–Trinajstić information content (AvgIpc) is 2.83. The number of benzene rings is 1. The summed E-state index contributed by atoms with van der Waals surface area (Å²) in [7, 11) is 0. The molecule has 6 heteroatoms. The number of hydrogen-bond acceptors (Lipinski definition) is 6. The second-order valence-corrected chi connectivity index (χ2v) is 5.65. The fraction of sp³-hybridized carbons (Fsp3) is 0.333. The van der Waals surface area contributed by atoms with Crippen molar-refractivity contribution >= 4 is 17.1 Å². The third kappa shape index (κ3) is 3.06. The molecular weight excluding hydrogens is 288 g/mol. The number of aromatic nitrogens is 1. The highest BCUT2D eigenvalue weighted by atomic mass is 32.1. The van der Waals surface area contributed by atoms with Crippen molar-refractivity contribution in [1.82, 2.24) is 4.98 Å². The number of thiazole rings is 1. The van der Waals surface area contributed by atoms with E-state index in [2.05, 4.69) is 4.98 Å². The van der Waals surface area contributed by atoms with Gasteiger partial charge in [0.2, 0.25) is 5.78 Å². The smallest absolute Gasteiger partial charge is 0.212 e. The van der Waals surface area contributed by atoms with Crippen molar-refractivity contribution in [1.29, 1.82) is 0 Å². The average molecular weight is 304 g/mol. The van der Waals surface area contributed by atoms with Gasteiger partial charge in [0.1, 0.15) is 5.69 Å². The SMILES string of the molecule is NCCc1nc(C(=O)c2ccc3c(c2)OCCCO3)cs1. The first-order valence-corrected chi connectivity index (χ1v) is 7.74. The van der Waals surface area contributed by atoms with E-state index >= 15 is 0 Å². The van der Waals surface area contributed by atoms with Gasteiger partial charge in [-0.1, -0.05) is 0 Å².